The van der Waals surface area contributed by atoms with Gasteiger partial charge in [-0.25, -0.2) is 0 Å². The van der Waals surface area contributed by atoms with Crippen molar-refractivity contribution in [2.75, 3.05) is 39.3 Å². The average Bonchev–Trinajstić information content (AvgIpc) is 2.39. The van der Waals surface area contributed by atoms with Crippen LogP contribution >= 0.6 is 0 Å². The summed E-state index contributed by atoms with van der Waals surface area (Å²) in [5.74, 6) is 0.871. The number of phenolic OH excluding ortho intramolecular Hbond substituents is 1. The van der Waals surface area contributed by atoms with Crippen LogP contribution in [-0.2, 0) is 0 Å². The van der Waals surface area contributed by atoms with Crippen LogP contribution in [0.4, 0.5) is 0 Å². The normalized spacial score (nSPS) is 18.5. The van der Waals surface area contributed by atoms with E-state index < -0.39 is 6.10 Å². The molecule has 5 nitrogen and oxygen atoms in total. The van der Waals surface area contributed by atoms with E-state index in [1.165, 1.54) is 0 Å². The molecule has 1 aliphatic rings. The van der Waals surface area contributed by atoms with Crippen LogP contribution < -0.4 is 10.1 Å². The van der Waals surface area contributed by atoms with E-state index in [0.717, 1.165) is 26.2 Å². The molecule has 1 aromatic carbocycles. The molecular weight excluding hydrogens is 232 g/mol. The zero-order valence-corrected chi connectivity index (χ0v) is 10.4. The highest BCUT2D eigenvalue weighted by Gasteiger charge is 2.14. The zero-order valence-electron chi connectivity index (χ0n) is 10.4. The van der Waals surface area contributed by atoms with Gasteiger partial charge in [0.2, 0.25) is 0 Å². The fourth-order valence-electron chi connectivity index (χ4n) is 1.98. The van der Waals surface area contributed by atoms with Crippen molar-refractivity contribution in [3.8, 4) is 11.5 Å². The second kappa shape index (κ2) is 6.58. The Morgan fingerprint density at radius 2 is 1.89 bits per heavy atom. The van der Waals surface area contributed by atoms with E-state index in [4.69, 9.17) is 9.84 Å². The van der Waals surface area contributed by atoms with Gasteiger partial charge in [-0.2, -0.15) is 0 Å². The molecule has 18 heavy (non-hydrogen) atoms. The van der Waals surface area contributed by atoms with Crippen molar-refractivity contribution < 1.29 is 14.9 Å². The molecule has 100 valence electrons. The minimum absolute atomic E-state index is 0.212. The van der Waals surface area contributed by atoms with Crippen molar-refractivity contribution >= 4 is 0 Å². The molecule has 1 fully saturated rings. The third-order valence-electron chi connectivity index (χ3n) is 2.96. The van der Waals surface area contributed by atoms with Gasteiger partial charge in [0.05, 0.1) is 0 Å². The summed E-state index contributed by atoms with van der Waals surface area (Å²) >= 11 is 0. The lowest BCUT2D eigenvalue weighted by atomic mass is 10.3. The van der Waals surface area contributed by atoms with Crippen LogP contribution in [0.1, 0.15) is 0 Å². The molecule has 1 heterocycles. The van der Waals surface area contributed by atoms with Gasteiger partial charge in [-0.05, 0) is 24.3 Å². The van der Waals surface area contributed by atoms with Crippen LogP contribution in [0.25, 0.3) is 0 Å². The SMILES string of the molecule is Oc1ccc(OC[C@@H](O)CN2CCNCC2)cc1. The number of phenols is 1. The van der Waals surface area contributed by atoms with Crippen molar-refractivity contribution in [2.24, 2.45) is 0 Å². The number of rotatable bonds is 5. The third kappa shape index (κ3) is 4.18. The Kier molecular flexibility index (Phi) is 4.81. The first-order chi connectivity index (χ1) is 8.74. The van der Waals surface area contributed by atoms with Crippen LogP contribution in [0.3, 0.4) is 0 Å². The molecule has 5 heteroatoms. The number of aromatic hydroxyl groups is 1. The van der Waals surface area contributed by atoms with Gasteiger partial charge in [-0.15, -0.1) is 0 Å². The smallest absolute Gasteiger partial charge is 0.119 e. The molecule has 0 bridgehead atoms. The minimum atomic E-state index is -0.489. The van der Waals surface area contributed by atoms with E-state index in [2.05, 4.69) is 10.2 Å². The first-order valence-corrected chi connectivity index (χ1v) is 6.27. The lowest BCUT2D eigenvalue weighted by Crippen LogP contribution is -2.47. The number of benzene rings is 1. The second-order valence-electron chi connectivity index (χ2n) is 4.51. The molecule has 1 atom stereocenters. The Hall–Kier alpha value is -1.30. The maximum atomic E-state index is 9.88. The summed E-state index contributed by atoms with van der Waals surface area (Å²) in [6.07, 6.45) is -0.489. The van der Waals surface area contributed by atoms with Crippen molar-refractivity contribution in [2.45, 2.75) is 6.10 Å². The van der Waals surface area contributed by atoms with Crippen LogP contribution in [0.15, 0.2) is 24.3 Å². The maximum absolute atomic E-state index is 9.88. The molecule has 0 aromatic heterocycles. The van der Waals surface area contributed by atoms with Crippen LogP contribution in [0.5, 0.6) is 11.5 Å². The van der Waals surface area contributed by atoms with Gasteiger partial charge in [-0.1, -0.05) is 0 Å². The lowest BCUT2D eigenvalue weighted by molar-refractivity contribution is 0.0641. The highest BCUT2D eigenvalue weighted by Crippen LogP contribution is 2.16. The molecule has 1 aromatic rings. The summed E-state index contributed by atoms with van der Waals surface area (Å²) in [4.78, 5) is 2.22. The highest BCUT2D eigenvalue weighted by molar-refractivity contribution is 5.30. The topological polar surface area (TPSA) is 65.0 Å². The summed E-state index contributed by atoms with van der Waals surface area (Å²) in [7, 11) is 0. The minimum Gasteiger partial charge on any atom is -0.508 e. The predicted octanol–water partition coefficient (Wildman–Crippen LogP) is 0.0371. The number of hydrogen-bond acceptors (Lipinski definition) is 5. The van der Waals surface area contributed by atoms with Gasteiger partial charge in [0.15, 0.2) is 0 Å². The molecule has 3 N–H and O–H groups in total. The van der Waals surface area contributed by atoms with Crippen LogP contribution in [-0.4, -0.2) is 60.5 Å². The summed E-state index contributed by atoms with van der Waals surface area (Å²) < 4.78 is 5.46. The first kappa shape index (κ1) is 13.1. The summed E-state index contributed by atoms with van der Waals surface area (Å²) in [5.41, 5.74) is 0. The van der Waals surface area contributed by atoms with E-state index in [1.54, 1.807) is 24.3 Å². The van der Waals surface area contributed by atoms with Crippen molar-refractivity contribution in [1.82, 2.24) is 10.2 Å². The number of aliphatic hydroxyl groups is 1. The van der Waals surface area contributed by atoms with E-state index in [9.17, 15) is 5.11 Å². The Balaban J connectivity index is 1.70. The van der Waals surface area contributed by atoms with Crippen molar-refractivity contribution in [3.63, 3.8) is 0 Å². The van der Waals surface area contributed by atoms with E-state index in [-0.39, 0.29) is 12.4 Å². The molecule has 0 spiro atoms. The van der Waals surface area contributed by atoms with Gasteiger partial charge in [-0.3, -0.25) is 4.90 Å². The number of hydrogen-bond donors (Lipinski definition) is 3. The van der Waals surface area contributed by atoms with Gasteiger partial charge >= 0.3 is 0 Å². The molecule has 0 aliphatic carbocycles. The summed E-state index contributed by atoms with van der Waals surface area (Å²) in [6.45, 7) is 4.80. The zero-order chi connectivity index (χ0) is 12.8. The number of ether oxygens (including phenoxy) is 1. The van der Waals surface area contributed by atoms with Gasteiger partial charge in [0.25, 0.3) is 0 Å². The van der Waals surface area contributed by atoms with Crippen molar-refractivity contribution in [3.05, 3.63) is 24.3 Å². The third-order valence-corrected chi connectivity index (χ3v) is 2.96. The fraction of sp³-hybridized carbons (Fsp3) is 0.538. The predicted molar refractivity (Wildman–Crippen MR) is 68.9 cm³/mol. The van der Waals surface area contributed by atoms with E-state index in [0.29, 0.717) is 12.3 Å². The monoisotopic (exact) mass is 252 g/mol. The second-order valence-corrected chi connectivity index (χ2v) is 4.51. The molecule has 0 unspecified atom stereocenters. The molecular formula is C13H20N2O3. The molecule has 1 saturated heterocycles. The van der Waals surface area contributed by atoms with Crippen molar-refractivity contribution in [1.29, 1.82) is 0 Å². The molecule has 2 rings (SSSR count). The van der Waals surface area contributed by atoms with Gasteiger partial charge in [0, 0.05) is 32.7 Å². The number of piperazine rings is 1. The molecule has 0 amide bonds. The standard InChI is InChI=1S/C13H20N2O3/c16-11-1-3-13(4-2-11)18-10-12(17)9-15-7-5-14-6-8-15/h1-4,12,14,16-17H,5-10H2/t12-/m0/s1. The van der Waals surface area contributed by atoms with Crippen LogP contribution in [0.2, 0.25) is 0 Å². The largest absolute Gasteiger partial charge is 0.508 e. The Labute approximate surface area is 107 Å². The molecule has 0 saturated carbocycles. The van der Waals surface area contributed by atoms with E-state index in [1.807, 2.05) is 0 Å². The fourth-order valence-corrected chi connectivity index (χ4v) is 1.98. The summed E-state index contributed by atoms with van der Waals surface area (Å²) in [6, 6.07) is 6.51. The Bertz CT molecular complexity index is 350. The molecule has 0 radical (unpaired) electrons. The maximum Gasteiger partial charge on any atom is 0.119 e. The van der Waals surface area contributed by atoms with Gasteiger partial charge in [0.1, 0.15) is 24.2 Å². The molecule has 1 aliphatic heterocycles. The number of nitrogens with zero attached hydrogens (tertiary/aromatic N) is 1. The number of β-amino-alcohol motifs (C(OH)–C–C–N with tert-alkyl or cyclic N) is 1. The first-order valence-electron chi connectivity index (χ1n) is 6.27. The average molecular weight is 252 g/mol. The Morgan fingerprint density at radius 1 is 1.22 bits per heavy atom. The van der Waals surface area contributed by atoms with Gasteiger partial charge < -0.3 is 20.3 Å². The quantitative estimate of drug-likeness (QED) is 0.690. The van der Waals surface area contributed by atoms with Crippen LogP contribution in [0, 0.1) is 0 Å². The summed E-state index contributed by atoms with van der Waals surface area (Å²) in [5, 5.41) is 22.3. The lowest BCUT2D eigenvalue weighted by Gasteiger charge is -2.28. The number of nitrogens with one attached hydrogen (secondary N) is 1. The number of aliphatic hydroxyl groups excluding tert-OH is 1. The highest BCUT2D eigenvalue weighted by atomic mass is 16.5. The van der Waals surface area contributed by atoms with E-state index >= 15 is 0 Å². The Morgan fingerprint density at radius 3 is 2.56 bits per heavy atom.